The lowest BCUT2D eigenvalue weighted by Crippen LogP contribution is -1.95. The summed E-state index contributed by atoms with van der Waals surface area (Å²) in [7, 11) is 0. The van der Waals surface area contributed by atoms with Crippen molar-refractivity contribution < 1.29 is 4.42 Å². The Morgan fingerprint density at radius 1 is 0.531 bits per heavy atom. The Labute approximate surface area is 198 Å². The molecule has 0 aliphatic carbocycles. The van der Waals surface area contributed by atoms with Gasteiger partial charge in [0.2, 0.25) is 0 Å². The lowest BCUT2D eigenvalue weighted by Gasteiger charge is -2.07. The zero-order chi connectivity index (χ0) is 21.5. The van der Waals surface area contributed by atoms with Crippen LogP contribution in [0.25, 0.3) is 55.7 Å². The molecular formula is C28H17IN2O. The van der Waals surface area contributed by atoms with Crippen molar-refractivity contribution in [2.75, 3.05) is 0 Å². The zero-order valence-electron chi connectivity index (χ0n) is 17.0. The van der Waals surface area contributed by atoms with Gasteiger partial charge in [0.25, 0.3) is 0 Å². The first kappa shape index (κ1) is 19.2. The van der Waals surface area contributed by atoms with E-state index in [0.717, 1.165) is 59.4 Å². The largest absolute Gasteiger partial charge is 0.456 e. The monoisotopic (exact) mass is 524 g/mol. The van der Waals surface area contributed by atoms with Gasteiger partial charge in [-0.2, -0.15) is 0 Å². The molecule has 0 saturated heterocycles. The molecule has 0 fully saturated rings. The average Bonchev–Trinajstić information content (AvgIpc) is 3.22. The quantitative estimate of drug-likeness (QED) is 0.174. The van der Waals surface area contributed by atoms with E-state index in [-0.39, 0.29) is 0 Å². The molecule has 3 nitrogen and oxygen atoms in total. The first-order valence-corrected chi connectivity index (χ1v) is 11.4. The molecule has 4 heteroatoms. The molecule has 0 aliphatic rings. The SMILES string of the molecule is Ic1cc(-c2ccccc2)nc(-c2ccc(-c3ccc4c(c3)oc3ccccc34)cc2)n1. The van der Waals surface area contributed by atoms with E-state index in [9.17, 15) is 0 Å². The van der Waals surface area contributed by atoms with Crippen molar-refractivity contribution in [3.63, 3.8) is 0 Å². The number of fused-ring (bicyclic) bond motifs is 3. The van der Waals surface area contributed by atoms with Gasteiger partial charge in [-0.15, -0.1) is 0 Å². The molecule has 0 atom stereocenters. The molecule has 0 saturated carbocycles. The van der Waals surface area contributed by atoms with Crippen LogP contribution < -0.4 is 0 Å². The maximum absolute atomic E-state index is 6.06. The number of benzene rings is 4. The molecule has 0 bridgehead atoms. The highest BCUT2D eigenvalue weighted by Crippen LogP contribution is 2.33. The number of furan rings is 1. The fourth-order valence-electron chi connectivity index (χ4n) is 4.02. The van der Waals surface area contributed by atoms with Crippen molar-refractivity contribution in [1.82, 2.24) is 9.97 Å². The lowest BCUT2D eigenvalue weighted by atomic mass is 10.0. The minimum atomic E-state index is 0.732. The average molecular weight is 524 g/mol. The van der Waals surface area contributed by atoms with Gasteiger partial charge >= 0.3 is 0 Å². The molecule has 2 heterocycles. The van der Waals surface area contributed by atoms with E-state index in [1.54, 1.807) is 0 Å². The molecule has 6 aromatic rings. The van der Waals surface area contributed by atoms with E-state index in [1.165, 1.54) is 0 Å². The zero-order valence-corrected chi connectivity index (χ0v) is 19.2. The van der Waals surface area contributed by atoms with Crippen LogP contribution in [0.3, 0.4) is 0 Å². The molecule has 0 amide bonds. The second-order valence-electron chi connectivity index (χ2n) is 7.65. The van der Waals surface area contributed by atoms with Gasteiger partial charge < -0.3 is 4.42 Å². The van der Waals surface area contributed by atoms with Gasteiger partial charge in [0.15, 0.2) is 5.82 Å². The Balaban J connectivity index is 1.36. The summed E-state index contributed by atoms with van der Waals surface area (Å²) in [5.41, 5.74) is 7.08. The highest BCUT2D eigenvalue weighted by Gasteiger charge is 2.10. The van der Waals surface area contributed by atoms with Crippen LogP contribution in [0.2, 0.25) is 0 Å². The number of rotatable bonds is 3. The van der Waals surface area contributed by atoms with Crippen LogP contribution in [0.1, 0.15) is 0 Å². The fraction of sp³-hybridized carbons (Fsp3) is 0. The minimum Gasteiger partial charge on any atom is -0.456 e. The summed E-state index contributed by atoms with van der Waals surface area (Å²) in [5.74, 6) is 0.732. The molecule has 0 aliphatic heterocycles. The van der Waals surface area contributed by atoms with Crippen molar-refractivity contribution in [2.24, 2.45) is 0 Å². The van der Waals surface area contributed by atoms with Gasteiger partial charge in [-0.1, -0.05) is 78.9 Å². The molecule has 4 aromatic carbocycles. The Bertz CT molecular complexity index is 1570. The lowest BCUT2D eigenvalue weighted by molar-refractivity contribution is 0.669. The second-order valence-corrected chi connectivity index (χ2v) is 8.76. The van der Waals surface area contributed by atoms with Crippen LogP contribution in [0.5, 0.6) is 0 Å². The molecular weight excluding hydrogens is 507 g/mol. The smallest absolute Gasteiger partial charge is 0.160 e. The molecule has 0 spiro atoms. The standard InChI is InChI=1S/C28H17IN2O/c29-27-17-24(19-6-2-1-3-7-19)30-28(31-27)20-12-10-18(11-13-20)21-14-15-23-22-8-4-5-9-25(22)32-26(23)16-21/h1-17H. The van der Waals surface area contributed by atoms with Gasteiger partial charge in [0.1, 0.15) is 14.9 Å². The number of nitrogens with zero attached hydrogens (tertiary/aromatic N) is 2. The third-order valence-electron chi connectivity index (χ3n) is 5.62. The van der Waals surface area contributed by atoms with Gasteiger partial charge in [-0.25, -0.2) is 9.97 Å². The molecule has 0 radical (unpaired) electrons. The normalized spacial score (nSPS) is 11.3. The summed E-state index contributed by atoms with van der Waals surface area (Å²) in [5, 5.41) is 2.29. The number of halogens is 1. The van der Waals surface area contributed by atoms with E-state index in [1.807, 2.05) is 42.5 Å². The summed E-state index contributed by atoms with van der Waals surface area (Å²) in [6, 6.07) is 35.2. The van der Waals surface area contributed by atoms with Crippen molar-refractivity contribution in [2.45, 2.75) is 0 Å². The third-order valence-corrected chi connectivity index (χ3v) is 6.17. The van der Waals surface area contributed by atoms with Gasteiger partial charge in [-0.05, 0) is 58.0 Å². The van der Waals surface area contributed by atoms with Crippen molar-refractivity contribution >= 4 is 44.5 Å². The number of hydrogen-bond donors (Lipinski definition) is 0. The summed E-state index contributed by atoms with van der Waals surface area (Å²) in [6.07, 6.45) is 0. The Morgan fingerprint density at radius 2 is 1.22 bits per heavy atom. The van der Waals surface area contributed by atoms with Crippen LogP contribution in [-0.2, 0) is 0 Å². The molecule has 6 rings (SSSR count). The molecule has 0 N–H and O–H groups in total. The van der Waals surface area contributed by atoms with Gasteiger partial charge in [0, 0.05) is 21.9 Å². The maximum Gasteiger partial charge on any atom is 0.160 e. The Hall–Kier alpha value is -3.51. The van der Waals surface area contributed by atoms with E-state index >= 15 is 0 Å². The fourth-order valence-corrected chi connectivity index (χ4v) is 4.54. The first-order valence-electron chi connectivity index (χ1n) is 10.4. The molecule has 0 unspecified atom stereocenters. The predicted octanol–water partition coefficient (Wildman–Crippen LogP) is 7.98. The van der Waals surface area contributed by atoms with Crippen LogP contribution in [-0.4, -0.2) is 9.97 Å². The molecule has 2 aromatic heterocycles. The second kappa shape index (κ2) is 7.88. The van der Waals surface area contributed by atoms with Crippen molar-refractivity contribution in [1.29, 1.82) is 0 Å². The predicted molar refractivity (Wildman–Crippen MR) is 138 cm³/mol. The molecule has 152 valence electrons. The van der Waals surface area contributed by atoms with Crippen molar-refractivity contribution in [3.05, 3.63) is 107 Å². The van der Waals surface area contributed by atoms with E-state index in [0.29, 0.717) is 0 Å². The highest BCUT2D eigenvalue weighted by molar-refractivity contribution is 14.1. The molecule has 32 heavy (non-hydrogen) atoms. The topological polar surface area (TPSA) is 38.9 Å². The maximum atomic E-state index is 6.06. The minimum absolute atomic E-state index is 0.732. The third kappa shape index (κ3) is 3.46. The summed E-state index contributed by atoms with van der Waals surface area (Å²) >= 11 is 2.25. The summed E-state index contributed by atoms with van der Waals surface area (Å²) in [6.45, 7) is 0. The number of para-hydroxylation sites is 1. The Kier molecular flexibility index (Phi) is 4.72. The highest BCUT2D eigenvalue weighted by atomic mass is 127. The van der Waals surface area contributed by atoms with Crippen LogP contribution in [0.4, 0.5) is 0 Å². The summed E-state index contributed by atoms with van der Waals surface area (Å²) in [4.78, 5) is 9.47. The number of hydrogen-bond acceptors (Lipinski definition) is 3. The summed E-state index contributed by atoms with van der Waals surface area (Å²) < 4.78 is 6.98. The van der Waals surface area contributed by atoms with Gasteiger partial charge in [-0.3, -0.25) is 0 Å². The van der Waals surface area contributed by atoms with E-state index < -0.39 is 0 Å². The van der Waals surface area contributed by atoms with E-state index in [4.69, 9.17) is 9.40 Å². The van der Waals surface area contributed by atoms with Gasteiger partial charge in [0.05, 0.1) is 5.69 Å². The Morgan fingerprint density at radius 3 is 2.06 bits per heavy atom. The number of aromatic nitrogens is 2. The first-order chi connectivity index (χ1) is 15.7. The van der Waals surface area contributed by atoms with Crippen LogP contribution in [0.15, 0.2) is 108 Å². The van der Waals surface area contributed by atoms with Crippen molar-refractivity contribution in [3.8, 4) is 33.8 Å². The van der Waals surface area contributed by atoms with Crippen LogP contribution >= 0.6 is 22.6 Å². The van der Waals surface area contributed by atoms with Crippen LogP contribution in [0, 0.1) is 3.70 Å². The van der Waals surface area contributed by atoms with E-state index in [2.05, 4.69) is 88.2 Å².